The van der Waals surface area contributed by atoms with Gasteiger partial charge in [0, 0.05) is 30.0 Å². The molecule has 0 spiro atoms. The normalized spacial score (nSPS) is 10.5. The maximum Gasteiger partial charge on any atom is 0.138 e. The number of nitrogens with one attached hydrogen (secondary N) is 1. The zero-order valence-electron chi connectivity index (χ0n) is 12.7. The van der Waals surface area contributed by atoms with Crippen LogP contribution >= 0.6 is 11.6 Å². The van der Waals surface area contributed by atoms with E-state index in [1.165, 1.54) is 12.0 Å². The van der Waals surface area contributed by atoms with Crippen LogP contribution in [0.2, 0.25) is 5.15 Å². The Labute approximate surface area is 131 Å². The summed E-state index contributed by atoms with van der Waals surface area (Å²) < 4.78 is 0. The van der Waals surface area contributed by atoms with Gasteiger partial charge in [-0.3, -0.25) is 0 Å². The molecule has 1 N–H and O–H groups in total. The van der Waals surface area contributed by atoms with Crippen molar-refractivity contribution in [3.05, 3.63) is 41.3 Å². The van der Waals surface area contributed by atoms with Crippen LogP contribution in [-0.2, 0) is 6.42 Å². The number of anilines is 3. The molecule has 0 saturated carbocycles. The molecule has 0 atom stereocenters. The summed E-state index contributed by atoms with van der Waals surface area (Å²) >= 11 is 6.10. The van der Waals surface area contributed by atoms with E-state index >= 15 is 0 Å². The molecule has 1 aromatic heterocycles. The van der Waals surface area contributed by atoms with Crippen LogP contribution in [0.4, 0.5) is 17.2 Å². The van der Waals surface area contributed by atoms with Crippen LogP contribution in [0, 0.1) is 0 Å². The Morgan fingerprint density at radius 2 is 1.71 bits per heavy atom. The van der Waals surface area contributed by atoms with E-state index in [1.54, 1.807) is 0 Å². The van der Waals surface area contributed by atoms with E-state index in [4.69, 9.17) is 11.6 Å². The summed E-state index contributed by atoms with van der Waals surface area (Å²) in [6.07, 6.45) is 2.27. The van der Waals surface area contributed by atoms with Crippen LogP contribution in [0.5, 0.6) is 0 Å². The van der Waals surface area contributed by atoms with Crippen molar-refractivity contribution in [2.24, 2.45) is 0 Å². The Morgan fingerprint density at radius 1 is 1.05 bits per heavy atom. The van der Waals surface area contributed by atoms with Gasteiger partial charge in [-0.2, -0.15) is 0 Å². The van der Waals surface area contributed by atoms with Crippen molar-refractivity contribution in [2.75, 3.05) is 23.3 Å². The maximum absolute atomic E-state index is 6.10. The number of nitrogens with zero attached hydrogens (tertiary/aromatic N) is 3. The van der Waals surface area contributed by atoms with Gasteiger partial charge in [0.2, 0.25) is 0 Å². The highest BCUT2D eigenvalue weighted by molar-refractivity contribution is 6.30. The van der Waals surface area contributed by atoms with Gasteiger partial charge in [0.25, 0.3) is 0 Å². The highest BCUT2D eigenvalue weighted by atomic mass is 35.5. The number of aromatic nitrogens is 2. The van der Waals surface area contributed by atoms with Crippen molar-refractivity contribution in [1.29, 1.82) is 0 Å². The van der Waals surface area contributed by atoms with Crippen LogP contribution in [0.3, 0.4) is 0 Å². The fourth-order valence-electron chi connectivity index (χ4n) is 2.29. The van der Waals surface area contributed by atoms with Gasteiger partial charge >= 0.3 is 0 Å². The number of halogens is 1. The average Bonchev–Trinajstić information content (AvgIpc) is 2.50. The number of benzene rings is 1. The first-order chi connectivity index (χ1) is 10.2. The summed E-state index contributed by atoms with van der Waals surface area (Å²) in [7, 11) is 0. The van der Waals surface area contributed by atoms with E-state index < -0.39 is 0 Å². The second kappa shape index (κ2) is 7.27. The van der Waals surface area contributed by atoms with Crippen LogP contribution in [0.15, 0.2) is 30.6 Å². The molecular formula is C16H21ClN4. The zero-order chi connectivity index (χ0) is 15.2. The van der Waals surface area contributed by atoms with Crippen molar-refractivity contribution in [3.63, 3.8) is 0 Å². The molecule has 1 heterocycles. The molecule has 0 fully saturated rings. The smallest absolute Gasteiger partial charge is 0.138 e. The molecule has 0 bridgehead atoms. The van der Waals surface area contributed by atoms with Crippen molar-refractivity contribution in [1.82, 2.24) is 9.97 Å². The molecule has 0 radical (unpaired) electrons. The zero-order valence-corrected chi connectivity index (χ0v) is 13.5. The van der Waals surface area contributed by atoms with Gasteiger partial charge < -0.3 is 10.2 Å². The molecule has 0 aliphatic heterocycles. The molecule has 0 aliphatic carbocycles. The minimum Gasteiger partial charge on any atom is -0.372 e. The van der Waals surface area contributed by atoms with Gasteiger partial charge in [-0.25, -0.2) is 9.97 Å². The molecule has 0 amide bonds. The van der Waals surface area contributed by atoms with Crippen molar-refractivity contribution >= 4 is 28.8 Å². The van der Waals surface area contributed by atoms with Crippen LogP contribution in [0.25, 0.3) is 0 Å². The third kappa shape index (κ3) is 3.64. The Bertz CT molecular complexity index is 579. The van der Waals surface area contributed by atoms with Crippen LogP contribution in [0.1, 0.15) is 26.3 Å². The Morgan fingerprint density at radius 3 is 2.29 bits per heavy atom. The van der Waals surface area contributed by atoms with Gasteiger partial charge in [-0.05, 0) is 44.5 Å². The van der Waals surface area contributed by atoms with E-state index in [9.17, 15) is 0 Å². The molecule has 0 aliphatic rings. The van der Waals surface area contributed by atoms with E-state index in [2.05, 4.69) is 58.3 Å². The first kappa shape index (κ1) is 15.6. The summed E-state index contributed by atoms with van der Waals surface area (Å²) in [6.45, 7) is 8.37. The molecule has 1 aromatic carbocycles. The van der Waals surface area contributed by atoms with Gasteiger partial charge in [-0.15, -0.1) is 0 Å². The Balaban J connectivity index is 2.19. The van der Waals surface area contributed by atoms with Gasteiger partial charge in [0.15, 0.2) is 0 Å². The lowest BCUT2D eigenvalue weighted by molar-refractivity contribution is 0.866. The molecule has 2 aromatic rings. The van der Waals surface area contributed by atoms with Gasteiger partial charge in [0.05, 0.1) is 0 Å². The molecule has 4 nitrogen and oxygen atoms in total. The summed E-state index contributed by atoms with van der Waals surface area (Å²) in [6, 6.07) is 8.35. The van der Waals surface area contributed by atoms with E-state index in [1.807, 2.05) is 6.92 Å². The number of hydrogen-bond acceptors (Lipinski definition) is 4. The van der Waals surface area contributed by atoms with Crippen molar-refractivity contribution < 1.29 is 0 Å². The second-order valence-electron chi connectivity index (χ2n) is 4.69. The standard InChI is InChI=1S/C16H21ClN4/c1-4-14-15(17)18-11-19-16(14)20-12-7-9-13(10-8-12)21(5-2)6-3/h7-11H,4-6H2,1-3H3,(H,18,19,20). The van der Waals surface area contributed by atoms with Crippen LogP contribution < -0.4 is 10.2 Å². The van der Waals surface area contributed by atoms with Crippen molar-refractivity contribution in [3.8, 4) is 0 Å². The summed E-state index contributed by atoms with van der Waals surface area (Å²) in [4.78, 5) is 10.6. The average molecular weight is 305 g/mol. The van der Waals surface area contributed by atoms with Crippen molar-refractivity contribution in [2.45, 2.75) is 27.2 Å². The SMILES string of the molecule is CCc1c(Cl)ncnc1Nc1ccc(N(CC)CC)cc1. The second-order valence-corrected chi connectivity index (χ2v) is 5.05. The molecule has 0 saturated heterocycles. The first-order valence-electron chi connectivity index (χ1n) is 7.30. The summed E-state index contributed by atoms with van der Waals surface area (Å²) in [5.41, 5.74) is 3.16. The molecule has 112 valence electrons. The lowest BCUT2D eigenvalue weighted by Crippen LogP contribution is -2.21. The molecule has 5 heteroatoms. The molecular weight excluding hydrogens is 284 g/mol. The third-order valence-electron chi connectivity index (χ3n) is 3.50. The van der Waals surface area contributed by atoms with E-state index in [-0.39, 0.29) is 0 Å². The van der Waals surface area contributed by atoms with E-state index in [0.717, 1.165) is 36.6 Å². The predicted octanol–water partition coefficient (Wildman–Crippen LogP) is 4.28. The number of rotatable bonds is 6. The van der Waals surface area contributed by atoms with Gasteiger partial charge in [-0.1, -0.05) is 18.5 Å². The fraction of sp³-hybridized carbons (Fsp3) is 0.375. The molecule has 0 unspecified atom stereocenters. The monoisotopic (exact) mass is 304 g/mol. The third-order valence-corrected chi connectivity index (χ3v) is 3.83. The summed E-state index contributed by atoms with van der Waals surface area (Å²) in [5, 5.41) is 3.82. The lowest BCUT2D eigenvalue weighted by Gasteiger charge is -2.21. The fourth-order valence-corrected chi connectivity index (χ4v) is 2.56. The van der Waals surface area contributed by atoms with Gasteiger partial charge in [0.1, 0.15) is 17.3 Å². The highest BCUT2D eigenvalue weighted by Crippen LogP contribution is 2.25. The quantitative estimate of drug-likeness (QED) is 0.809. The molecule has 2 rings (SSSR count). The summed E-state index contributed by atoms with van der Waals surface area (Å²) in [5.74, 6) is 0.771. The minimum absolute atomic E-state index is 0.509. The molecule has 21 heavy (non-hydrogen) atoms. The van der Waals surface area contributed by atoms with Crippen LogP contribution in [-0.4, -0.2) is 23.1 Å². The van der Waals surface area contributed by atoms with E-state index in [0.29, 0.717) is 5.15 Å². The topological polar surface area (TPSA) is 41.1 Å². The first-order valence-corrected chi connectivity index (χ1v) is 7.68. The Kier molecular flexibility index (Phi) is 5.39. The highest BCUT2D eigenvalue weighted by Gasteiger charge is 2.08. The Hall–Kier alpha value is -1.81. The minimum atomic E-state index is 0.509. The predicted molar refractivity (Wildman–Crippen MR) is 89.7 cm³/mol. The lowest BCUT2D eigenvalue weighted by atomic mass is 10.2. The number of hydrogen-bond donors (Lipinski definition) is 1. The largest absolute Gasteiger partial charge is 0.372 e. The maximum atomic E-state index is 6.10.